The second-order valence-corrected chi connectivity index (χ2v) is 5.72. The number of hydrogen-bond acceptors (Lipinski definition) is 5. The Labute approximate surface area is 130 Å². The van der Waals surface area contributed by atoms with E-state index in [1.807, 2.05) is 6.07 Å². The molecule has 2 N–H and O–H groups in total. The molecule has 22 heavy (non-hydrogen) atoms. The Bertz CT molecular complexity index is 701. The summed E-state index contributed by atoms with van der Waals surface area (Å²) in [4.78, 5) is 26.4. The van der Waals surface area contributed by atoms with Gasteiger partial charge in [0.1, 0.15) is 0 Å². The Kier molecular flexibility index (Phi) is 4.38. The minimum atomic E-state index is -0.0860. The van der Waals surface area contributed by atoms with Crippen molar-refractivity contribution in [2.24, 2.45) is 0 Å². The van der Waals surface area contributed by atoms with Gasteiger partial charge in [-0.3, -0.25) is 4.79 Å². The molecule has 1 fully saturated rings. The van der Waals surface area contributed by atoms with E-state index in [4.69, 9.17) is 0 Å². The second-order valence-electron chi connectivity index (χ2n) is 5.72. The lowest BCUT2D eigenvalue weighted by molar-refractivity contribution is 0.453. The number of aromatic nitrogens is 3. The monoisotopic (exact) mass is 301 g/mol. The van der Waals surface area contributed by atoms with E-state index < -0.39 is 0 Å². The lowest BCUT2D eigenvalue weighted by Crippen LogP contribution is -2.28. The molecule has 0 amide bonds. The lowest BCUT2D eigenvalue weighted by Gasteiger charge is -2.23. The average Bonchev–Trinajstić information content (AvgIpc) is 2.56. The Morgan fingerprint density at radius 2 is 2.00 bits per heavy atom. The Balaban J connectivity index is 2.04. The maximum absolute atomic E-state index is 12.3. The normalized spacial score (nSPS) is 16.1. The summed E-state index contributed by atoms with van der Waals surface area (Å²) in [5.74, 6) is 1.10. The molecule has 6 heteroatoms. The van der Waals surface area contributed by atoms with Gasteiger partial charge < -0.3 is 15.2 Å². The number of aromatic amines is 1. The first-order valence-electron chi connectivity index (χ1n) is 8.08. The molecule has 0 bridgehead atoms. The molecule has 0 saturated carbocycles. The molecule has 0 aliphatic carbocycles. The Morgan fingerprint density at radius 3 is 2.68 bits per heavy atom. The van der Waals surface area contributed by atoms with E-state index in [1.54, 1.807) is 6.20 Å². The van der Waals surface area contributed by atoms with Crippen LogP contribution in [0, 0.1) is 0 Å². The smallest absolute Gasteiger partial charge is 0.259 e. The van der Waals surface area contributed by atoms with Crippen LogP contribution in [0.4, 0.5) is 5.95 Å². The molecule has 0 atom stereocenters. The number of H-pyrrole nitrogens is 1. The van der Waals surface area contributed by atoms with Gasteiger partial charge in [-0.1, -0.05) is 0 Å². The third-order valence-electron chi connectivity index (χ3n) is 4.43. The highest BCUT2D eigenvalue weighted by molar-refractivity contribution is 5.78. The topological polar surface area (TPSA) is 73.9 Å². The predicted molar refractivity (Wildman–Crippen MR) is 88.6 cm³/mol. The van der Waals surface area contributed by atoms with Crippen molar-refractivity contribution in [2.45, 2.75) is 32.6 Å². The molecule has 6 nitrogen and oxygen atoms in total. The van der Waals surface area contributed by atoms with Crippen molar-refractivity contribution < 1.29 is 0 Å². The molecule has 0 unspecified atom stereocenters. The van der Waals surface area contributed by atoms with Crippen LogP contribution < -0.4 is 15.8 Å². The molecule has 2 aromatic heterocycles. The number of piperidine rings is 1. The van der Waals surface area contributed by atoms with Crippen molar-refractivity contribution in [3.8, 4) is 0 Å². The summed E-state index contributed by atoms with van der Waals surface area (Å²) in [6.45, 7) is 7.86. The van der Waals surface area contributed by atoms with Gasteiger partial charge in [0, 0.05) is 30.9 Å². The van der Waals surface area contributed by atoms with E-state index in [9.17, 15) is 4.79 Å². The van der Waals surface area contributed by atoms with E-state index in [0.29, 0.717) is 17.3 Å². The maximum atomic E-state index is 12.3. The highest BCUT2D eigenvalue weighted by Crippen LogP contribution is 2.24. The van der Waals surface area contributed by atoms with E-state index in [1.165, 1.54) is 0 Å². The van der Waals surface area contributed by atoms with Crippen LogP contribution in [0.3, 0.4) is 0 Å². The zero-order valence-corrected chi connectivity index (χ0v) is 13.2. The van der Waals surface area contributed by atoms with Gasteiger partial charge in [-0.15, -0.1) is 0 Å². The summed E-state index contributed by atoms with van der Waals surface area (Å²) >= 11 is 0. The van der Waals surface area contributed by atoms with Crippen molar-refractivity contribution in [3.05, 3.63) is 28.3 Å². The minimum Gasteiger partial charge on any atom is -0.341 e. The molecule has 0 spiro atoms. The van der Waals surface area contributed by atoms with Crippen LogP contribution in [0.15, 0.2) is 17.1 Å². The fourth-order valence-corrected chi connectivity index (χ4v) is 3.06. The average molecular weight is 301 g/mol. The quantitative estimate of drug-likeness (QED) is 0.898. The van der Waals surface area contributed by atoms with Crippen LogP contribution >= 0.6 is 0 Å². The van der Waals surface area contributed by atoms with Gasteiger partial charge in [-0.25, -0.2) is 9.97 Å². The van der Waals surface area contributed by atoms with Crippen LogP contribution in [-0.4, -0.2) is 41.1 Å². The molecule has 3 heterocycles. The fraction of sp³-hybridized carbons (Fsp3) is 0.562. The third kappa shape index (κ3) is 2.83. The van der Waals surface area contributed by atoms with E-state index in [0.717, 1.165) is 50.2 Å². The molecule has 1 aliphatic rings. The molecule has 1 aliphatic heterocycles. The van der Waals surface area contributed by atoms with Gasteiger partial charge in [-0.2, -0.15) is 0 Å². The number of anilines is 1. The zero-order valence-electron chi connectivity index (χ0n) is 13.2. The fourth-order valence-electron chi connectivity index (χ4n) is 3.06. The van der Waals surface area contributed by atoms with Crippen LogP contribution in [0.2, 0.25) is 0 Å². The summed E-state index contributed by atoms with van der Waals surface area (Å²) < 4.78 is 0. The van der Waals surface area contributed by atoms with Crippen LogP contribution in [-0.2, 0) is 0 Å². The molecule has 3 rings (SSSR count). The summed E-state index contributed by atoms with van der Waals surface area (Å²) in [7, 11) is 0. The summed E-state index contributed by atoms with van der Waals surface area (Å²) in [5.41, 5.74) is 1.66. The molecule has 0 aromatic carbocycles. The molecular formula is C16H23N5O. The van der Waals surface area contributed by atoms with Gasteiger partial charge in [-0.05, 0) is 45.8 Å². The number of nitrogens with one attached hydrogen (secondary N) is 2. The number of nitrogens with zero attached hydrogens (tertiary/aromatic N) is 3. The Hall–Kier alpha value is -1.95. The standard InChI is InChI=1S/C16H23N5O/c1-3-21(4-2)16-18-10-12-14(20-16)9-13(19-15(12)22)11-5-7-17-8-6-11/h9-11,17H,3-8H2,1-2H3,(H,19,22). The predicted octanol–water partition coefficient (Wildman–Crippen LogP) is 1.63. The van der Waals surface area contributed by atoms with E-state index >= 15 is 0 Å². The zero-order chi connectivity index (χ0) is 15.5. The van der Waals surface area contributed by atoms with Crippen molar-refractivity contribution in [1.82, 2.24) is 20.3 Å². The van der Waals surface area contributed by atoms with Crippen molar-refractivity contribution in [1.29, 1.82) is 0 Å². The van der Waals surface area contributed by atoms with Gasteiger partial charge in [0.05, 0.1) is 10.9 Å². The number of rotatable bonds is 4. The molecule has 0 radical (unpaired) electrons. The third-order valence-corrected chi connectivity index (χ3v) is 4.43. The lowest BCUT2D eigenvalue weighted by atomic mass is 9.94. The largest absolute Gasteiger partial charge is 0.341 e. The van der Waals surface area contributed by atoms with Gasteiger partial charge in [0.15, 0.2) is 0 Å². The summed E-state index contributed by atoms with van der Waals surface area (Å²) in [6, 6.07) is 2.03. The minimum absolute atomic E-state index is 0.0860. The number of fused-ring (bicyclic) bond motifs is 1. The van der Waals surface area contributed by atoms with E-state index in [2.05, 4.69) is 39.0 Å². The molecule has 1 saturated heterocycles. The van der Waals surface area contributed by atoms with Gasteiger partial charge >= 0.3 is 0 Å². The van der Waals surface area contributed by atoms with Gasteiger partial charge in [0.25, 0.3) is 5.56 Å². The van der Waals surface area contributed by atoms with Crippen molar-refractivity contribution in [3.63, 3.8) is 0 Å². The first kappa shape index (κ1) is 15.0. The summed E-state index contributed by atoms with van der Waals surface area (Å²) in [5, 5.41) is 3.91. The van der Waals surface area contributed by atoms with Crippen molar-refractivity contribution >= 4 is 16.9 Å². The van der Waals surface area contributed by atoms with Crippen LogP contribution in [0.5, 0.6) is 0 Å². The second kappa shape index (κ2) is 6.44. The highest BCUT2D eigenvalue weighted by Gasteiger charge is 2.18. The SMILES string of the molecule is CCN(CC)c1ncc2c(=O)[nH]c(C3CCNCC3)cc2n1. The number of hydrogen-bond donors (Lipinski definition) is 2. The molecular weight excluding hydrogens is 278 g/mol. The van der Waals surface area contributed by atoms with Gasteiger partial charge in [0.2, 0.25) is 5.95 Å². The first-order valence-corrected chi connectivity index (χ1v) is 8.08. The van der Waals surface area contributed by atoms with Crippen LogP contribution in [0.1, 0.15) is 38.3 Å². The molecule has 2 aromatic rings. The number of pyridine rings is 1. The molecule has 118 valence electrons. The van der Waals surface area contributed by atoms with Crippen LogP contribution in [0.25, 0.3) is 10.9 Å². The highest BCUT2D eigenvalue weighted by atomic mass is 16.1. The first-order chi connectivity index (χ1) is 10.7. The van der Waals surface area contributed by atoms with E-state index in [-0.39, 0.29) is 5.56 Å². The summed E-state index contributed by atoms with van der Waals surface area (Å²) in [6.07, 6.45) is 3.74. The maximum Gasteiger partial charge on any atom is 0.259 e. The van der Waals surface area contributed by atoms with Crippen molar-refractivity contribution in [2.75, 3.05) is 31.1 Å². The Morgan fingerprint density at radius 1 is 1.27 bits per heavy atom.